The fourth-order valence-electron chi connectivity index (χ4n) is 1.53. The molecule has 22 heavy (non-hydrogen) atoms. The van der Waals surface area contributed by atoms with Crippen molar-refractivity contribution in [3.63, 3.8) is 0 Å². The maximum absolute atomic E-state index is 11.6. The highest BCUT2D eigenvalue weighted by atomic mass is 32.2. The summed E-state index contributed by atoms with van der Waals surface area (Å²) in [6, 6.07) is 0. The van der Waals surface area contributed by atoms with Crippen LogP contribution in [-0.2, 0) is 9.63 Å². The molecule has 0 spiro atoms. The van der Waals surface area contributed by atoms with Crippen LogP contribution in [0.2, 0.25) is 0 Å². The quantitative estimate of drug-likeness (QED) is 0.350. The number of carbonyl (C=O) groups is 1. The third-order valence-corrected chi connectivity index (χ3v) is 4.74. The Morgan fingerprint density at radius 1 is 1.27 bits per heavy atom. The third-order valence-electron chi connectivity index (χ3n) is 3.70. The van der Waals surface area contributed by atoms with Gasteiger partial charge >= 0.3 is 0 Å². The molecule has 0 saturated heterocycles. The van der Waals surface area contributed by atoms with Gasteiger partial charge in [-0.15, -0.1) is 0 Å². The molecule has 1 atom stereocenters. The summed E-state index contributed by atoms with van der Waals surface area (Å²) in [5.41, 5.74) is 1.07. The van der Waals surface area contributed by atoms with Gasteiger partial charge in [0.1, 0.15) is 6.61 Å². The van der Waals surface area contributed by atoms with Gasteiger partial charge in [0.05, 0.1) is 5.71 Å². The Hall–Kier alpha value is -0.710. The molecule has 0 radical (unpaired) electrons. The molecule has 0 aromatic rings. The summed E-state index contributed by atoms with van der Waals surface area (Å²) >= 11 is 1.83. The van der Waals surface area contributed by atoms with Crippen molar-refractivity contribution >= 4 is 23.4 Å². The molecule has 0 fully saturated rings. The number of oxime groups is 1. The van der Waals surface area contributed by atoms with Crippen LogP contribution in [0.5, 0.6) is 0 Å². The molecule has 130 valence electrons. The molecule has 0 saturated carbocycles. The van der Waals surface area contributed by atoms with Gasteiger partial charge < -0.3 is 10.2 Å². The third kappa shape index (κ3) is 11.9. The Morgan fingerprint density at radius 2 is 1.95 bits per heavy atom. The molecule has 4 nitrogen and oxygen atoms in total. The first-order valence-corrected chi connectivity index (χ1v) is 9.52. The van der Waals surface area contributed by atoms with Crippen LogP contribution >= 0.6 is 11.8 Å². The minimum absolute atomic E-state index is 0.0614. The first-order valence-electron chi connectivity index (χ1n) is 8.24. The number of hydrogen-bond acceptors (Lipinski definition) is 4. The second kappa shape index (κ2) is 11.8. The number of hydrogen-bond donors (Lipinski definition) is 1. The van der Waals surface area contributed by atoms with E-state index in [-0.39, 0.29) is 11.3 Å². The Morgan fingerprint density at radius 3 is 2.55 bits per heavy atom. The lowest BCUT2D eigenvalue weighted by Gasteiger charge is -2.16. The van der Waals surface area contributed by atoms with E-state index in [1.54, 1.807) is 0 Å². The second-order valence-corrected chi connectivity index (χ2v) is 8.03. The highest BCUT2D eigenvalue weighted by Crippen LogP contribution is 2.15. The molecule has 0 aliphatic rings. The Bertz CT molecular complexity index is 338. The minimum Gasteiger partial charge on any atom is -0.396 e. The van der Waals surface area contributed by atoms with Gasteiger partial charge in [-0.1, -0.05) is 32.9 Å². The van der Waals surface area contributed by atoms with Gasteiger partial charge in [0, 0.05) is 23.6 Å². The summed E-state index contributed by atoms with van der Waals surface area (Å²) < 4.78 is 0. The number of carbonyl (C=O) groups excluding carboxylic acids is 1. The van der Waals surface area contributed by atoms with E-state index in [1.807, 2.05) is 18.7 Å². The first kappa shape index (κ1) is 21.3. The van der Waals surface area contributed by atoms with E-state index >= 15 is 0 Å². The normalized spacial score (nSPS) is 13.8. The number of unbranched alkanes of at least 4 members (excludes halogenated alkanes) is 2. The molecule has 0 aromatic carbocycles. The average Bonchev–Trinajstić information content (AvgIpc) is 2.44. The fraction of sp³-hybridized carbons (Fsp3) is 0.882. The van der Waals surface area contributed by atoms with E-state index in [2.05, 4.69) is 44.4 Å². The van der Waals surface area contributed by atoms with Crippen molar-refractivity contribution in [2.75, 3.05) is 19.4 Å². The number of thioether (sulfide) groups is 1. The van der Waals surface area contributed by atoms with Crippen LogP contribution in [0.3, 0.4) is 0 Å². The van der Waals surface area contributed by atoms with Crippen molar-refractivity contribution in [2.45, 2.75) is 72.0 Å². The smallest absolute Gasteiger partial charge is 0.219 e. The van der Waals surface area contributed by atoms with Gasteiger partial charge in [-0.05, 0) is 38.9 Å². The molecule has 1 amide bonds. The second-order valence-electron chi connectivity index (χ2n) is 6.76. The highest BCUT2D eigenvalue weighted by Gasteiger charge is 2.14. The van der Waals surface area contributed by atoms with Crippen molar-refractivity contribution < 1.29 is 9.63 Å². The Labute approximate surface area is 140 Å². The molecule has 0 rings (SSSR count). The molecule has 0 aliphatic heterocycles. The minimum atomic E-state index is 0.0614. The summed E-state index contributed by atoms with van der Waals surface area (Å²) in [5.74, 6) is 0.163. The van der Waals surface area contributed by atoms with Crippen LogP contribution in [0.1, 0.15) is 66.7 Å². The van der Waals surface area contributed by atoms with Crippen LogP contribution in [0.4, 0.5) is 0 Å². The maximum Gasteiger partial charge on any atom is 0.219 e. The first-order chi connectivity index (χ1) is 10.3. The van der Waals surface area contributed by atoms with Crippen LogP contribution in [-0.4, -0.2) is 36.3 Å². The van der Waals surface area contributed by atoms with Gasteiger partial charge in [-0.2, -0.15) is 11.8 Å². The van der Waals surface area contributed by atoms with E-state index < -0.39 is 0 Å². The topological polar surface area (TPSA) is 50.7 Å². The summed E-state index contributed by atoms with van der Waals surface area (Å²) in [6.07, 6.45) is 6.59. The molecule has 1 N–H and O–H groups in total. The molecule has 0 bridgehead atoms. The predicted octanol–water partition coefficient (Wildman–Crippen LogP) is 4.24. The number of nitrogens with zero attached hydrogens (tertiary/aromatic N) is 1. The number of rotatable bonds is 11. The average molecular weight is 331 g/mol. The van der Waals surface area contributed by atoms with Crippen LogP contribution in [0.25, 0.3) is 0 Å². The zero-order valence-corrected chi connectivity index (χ0v) is 16.0. The molecule has 0 aromatic heterocycles. The largest absolute Gasteiger partial charge is 0.396 e. The van der Waals surface area contributed by atoms with Crippen LogP contribution in [0.15, 0.2) is 5.16 Å². The van der Waals surface area contributed by atoms with E-state index in [0.717, 1.165) is 37.9 Å². The molecule has 0 heterocycles. The van der Waals surface area contributed by atoms with Gasteiger partial charge in [0.15, 0.2) is 0 Å². The van der Waals surface area contributed by atoms with Gasteiger partial charge in [0.2, 0.25) is 5.91 Å². The van der Waals surface area contributed by atoms with Crippen LogP contribution in [0, 0.1) is 5.41 Å². The fourth-order valence-corrected chi connectivity index (χ4v) is 1.88. The van der Waals surface area contributed by atoms with Crippen molar-refractivity contribution in [1.29, 1.82) is 0 Å². The molecule has 1 unspecified atom stereocenters. The van der Waals surface area contributed by atoms with E-state index in [0.29, 0.717) is 18.3 Å². The lowest BCUT2D eigenvalue weighted by Crippen LogP contribution is -2.25. The predicted molar refractivity (Wildman–Crippen MR) is 97.6 cm³/mol. The molecular formula is C17H34N2O2S. The van der Waals surface area contributed by atoms with E-state index in [9.17, 15) is 4.79 Å². The summed E-state index contributed by atoms with van der Waals surface area (Å²) in [6.45, 7) is 11.9. The van der Waals surface area contributed by atoms with Gasteiger partial charge in [0.25, 0.3) is 0 Å². The van der Waals surface area contributed by atoms with Crippen molar-refractivity contribution in [1.82, 2.24) is 5.32 Å². The summed E-state index contributed by atoms with van der Waals surface area (Å²) in [5, 5.41) is 7.71. The van der Waals surface area contributed by atoms with Gasteiger partial charge in [-0.25, -0.2) is 0 Å². The molecular weight excluding hydrogens is 296 g/mol. The van der Waals surface area contributed by atoms with Crippen LogP contribution < -0.4 is 5.32 Å². The number of nitrogens with one attached hydrogen (secondary N) is 1. The summed E-state index contributed by atoms with van der Waals surface area (Å²) in [4.78, 5) is 16.9. The van der Waals surface area contributed by atoms with Crippen molar-refractivity contribution in [2.24, 2.45) is 10.6 Å². The summed E-state index contributed by atoms with van der Waals surface area (Å²) in [7, 11) is 0. The standard InChI is InChI=1S/C17H34N2O2S/c1-14(22-6)11-12-18-16(20)10-8-7-9-13-21-19-15(2)17(3,4)5/h14H,7-13H2,1-6H3,(H,18,20)/b19-15-. The van der Waals surface area contributed by atoms with Crippen molar-refractivity contribution in [3.8, 4) is 0 Å². The van der Waals surface area contributed by atoms with Gasteiger partial charge in [-0.3, -0.25) is 4.79 Å². The van der Waals surface area contributed by atoms with E-state index in [1.165, 1.54) is 0 Å². The lowest BCUT2D eigenvalue weighted by atomic mass is 9.91. The number of amides is 1. The SMILES string of the molecule is CSC(C)CCNC(=O)CCCCCO/N=C(/C)C(C)(C)C. The van der Waals surface area contributed by atoms with Crippen molar-refractivity contribution in [3.05, 3.63) is 0 Å². The Kier molecular flexibility index (Phi) is 11.4. The maximum atomic E-state index is 11.6. The molecule has 0 aliphatic carbocycles. The lowest BCUT2D eigenvalue weighted by molar-refractivity contribution is -0.121. The zero-order chi connectivity index (χ0) is 17.0. The zero-order valence-electron chi connectivity index (χ0n) is 15.2. The Balaban J connectivity index is 3.52. The monoisotopic (exact) mass is 330 g/mol. The van der Waals surface area contributed by atoms with E-state index in [4.69, 9.17) is 4.84 Å². The highest BCUT2D eigenvalue weighted by molar-refractivity contribution is 7.99. The molecule has 5 heteroatoms.